The zero-order chi connectivity index (χ0) is 33.4. The minimum absolute atomic E-state index is 0.944. The molecule has 49 heavy (non-hydrogen) atoms. The number of furan rings is 1. The molecule has 0 amide bonds. The SMILES string of the molecule is C/C=C\c1c(C)n(-c2cccc3c2oc2c([Si](C)(C)C)cccc23)c2ccc(-c3ccc4c(c3)c3ccccc3n4-c3ccccc3)cc12. The van der Waals surface area contributed by atoms with E-state index in [1.54, 1.807) is 0 Å². The molecule has 0 fully saturated rings. The molecule has 0 spiro atoms. The van der Waals surface area contributed by atoms with Crippen LogP contribution in [0.25, 0.3) is 83.2 Å². The van der Waals surface area contributed by atoms with Gasteiger partial charge in [-0.05, 0) is 78.7 Å². The lowest BCUT2D eigenvalue weighted by molar-refractivity contribution is 0.667. The van der Waals surface area contributed by atoms with Gasteiger partial charge < -0.3 is 13.6 Å². The Kier molecular flexibility index (Phi) is 6.62. The number of nitrogens with zero attached hydrogens (tertiary/aromatic N) is 2. The molecular weight excluding hydrogens is 613 g/mol. The van der Waals surface area contributed by atoms with Gasteiger partial charge in [-0.15, -0.1) is 0 Å². The van der Waals surface area contributed by atoms with Crippen LogP contribution in [0.2, 0.25) is 19.6 Å². The van der Waals surface area contributed by atoms with Gasteiger partial charge in [0.25, 0.3) is 0 Å². The minimum atomic E-state index is -1.62. The maximum Gasteiger partial charge on any atom is 0.159 e. The number of para-hydroxylation sites is 4. The molecule has 0 saturated carbocycles. The molecule has 3 nitrogen and oxygen atoms in total. The standard InChI is InChI=1S/C45H38N2OSi/c1-6-14-33-29(2)46(42-21-12-18-35-36-19-13-22-43(49(3,4)5)45(36)48-44(35)42)40-25-23-30(27-37(33)40)31-24-26-41-38(28-31)34-17-10-11-20-39(34)47(41)32-15-8-7-9-16-32/h6-28H,1-5H3/b14-6-. The lowest BCUT2D eigenvalue weighted by Gasteiger charge is -2.16. The molecule has 6 aromatic carbocycles. The average molecular weight is 651 g/mol. The molecule has 9 aromatic rings. The van der Waals surface area contributed by atoms with Crippen LogP contribution in [0.1, 0.15) is 18.2 Å². The highest BCUT2D eigenvalue weighted by molar-refractivity contribution is 6.90. The minimum Gasteiger partial charge on any atom is -0.454 e. The molecule has 9 rings (SSSR count). The summed E-state index contributed by atoms with van der Waals surface area (Å²) in [4.78, 5) is 0. The lowest BCUT2D eigenvalue weighted by Crippen LogP contribution is -2.37. The van der Waals surface area contributed by atoms with E-state index in [1.807, 2.05) is 0 Å². The smallest absolute Gasteiger partial charge is 0.159 e. The van der Waals surface area contributed by atoms with Gasteiger partial charge in [0.1, 0.15) is 5.58 Å². The van der Waals surface area contributed by atoms with Crippen molar-refractivity contribution in [2.24, 2.45) is 0 Å². The Morgan fingerprint density at radius 1 is 0.551 bits per heavy atom. The third-order valence-electron chi connectivity index (χ3n) is 10.2. The first-order valence-electron chi connectivity index (χ1n) is 17.2. The molecule has 0 bridgehead atoms. The fraction of sp³-hybridized carbons (Fsp3) is 0.111. The number of hydrogen-bond acceptors (Lipinski definition) is 1. The molecule has 0 radical (unpaired) electrons. The second-order valence-electron chi connectivity index (χ2n) is 14.2. The topological polar surface area (TPSA) is 23.0 Å². The molecule has 3 heterocycles. The van der Waals surface area contributed by atoms with Crippen molar-refractivity contribution in [3.63, 3.8) is 0 Å². The third-order valence-corrected chi connectivity index (χ3v) is 12.2. The van der Waals surface area contributed by atoms with Crippen LogP contribution in [0.5, 0.6) is 0 Å². The molecule has 238 valence electrons. The Morgan fingerprint density at radius 2 is 1.16 bits per heavy atom. The highest BCUT2D eigenvalue weighted by Crippen LogP contribution is 2.40. The predicted octanol–water partition coefficient (Wildman–Crippen LogP) is 12.2. The maximum atomic E-state index is 6.87. The molecule has 0 unspecified atom stereocenters. The number of benzene rings is 6. The molecule has 3 aromatic heterocycles. The second kappa shape index (κ2) is 11.0. The summed E-state index contributed by atoms with van der Waals surface area (Å²) in [6.45, 7) is 11.5. The quantitative estimate of drug-likeness (QED) is 0.170. The lowest BCUT2D eigenvalue weighted by atomic mass is 10.00. The van der Waals surface area contributed by atoms with Crippen LogP contribution in [0.3, 0.4) is 0 Å². The van der Waals surface area contributed by atoms with Crippen molar-refractivity contribution in [3.8, 4) is 22.5 Å². The van der Waals surface area contributed by atoms with E-state index in [9.17, 15) is 0 Å². The molecule has 4 heteroatoms. The summed E-state index contributed by atoms with van der Waals surface area (Å²) in [6.07, 6.45) is 4.39. The summed E-state index contributed by atoms with van der Waals surface area (Å²) in [5, 5.41) is 7.48. The van der Waals surface area contributed by atoms with Crippen molar-refractivity contribution in [3.05, 3.63) is 145 Å². The van der Waals surface area contributed by atoms with Gasteiger partial charge in [0.15, 0.2) is 5.58 Å². The molecule has 0 aliphatic carbocycles. The van der Waals surface area contributed by atoms with Crippen LogP contribution < -0.4 is 5.19 Å². The van der Waals surface area contributed by atoms with E-state index in [-0.39, 0.29) is 0 Å². The Bertz CT molecular complexity index is 2770. The molecule has 0 aliphatic heterocycles. The van der Waals surface area contributed by atoms with Gasteiger partial charge in [-0.1, -0.05) is 111 Å². The van der Waals surface area contributed by atoms with Gasteiger partial charge in [-0.2, -0.15) is 0 Å². The number of allylic oxidation sites excluding steroid dienone is 1. The van der Waals surface area contributed by atoms with Crippen LogP contribution >= 0.6 is 0 Å². The third kappa shape index (κ3) is 4.48. The van der Waals surface area contributed by atoms with Gasteiger partial charge in [-0.25, -0.2) is 0 Å². The number of hydrogen-bond donors (Lipinski definition) is 0. The summed E-state index contributed by atoms with van der Waals surface area (Å²) < 4.78 is 11.6. The summed E-state index contributed by atoms with van der Waals surface area (Å²) in [6, 6.07) is 46.5. The number of aromatic nitrogens is 2. The Morgan fingerprint density at radius 3 is 1.90 bits per heavy atom. The van der Waals surface area contributed by atoms with E-state index in [2.05, 4.69) is 182 Å². The molecule has 0 saturated heterocycles. The van der Waals surface area contributed by atoms with E-state index in [0.717, 1.165) is 16.9 Å². The van der Waals surface area contributed by atoms with Crippen LogP contribution in [0, 0.1) is 6.92 Å². The zero-order valence-corrected chi connectivity index (χ0v) is 29.6. The molecule has 0 N–H and O–H groups in total. The normalized spacial score (nSPS) is 12.5. The van der Waals surface area contributed by atoms with E-state index >= 15 is 0 Å². The highest BCUT2D eigenvalue weighted by atomic mass is 28.3. The summed E-state index contributed by atoms with van der Waals surface area (Å²) in [7, 11) is -1.62. The van der Waals surface area contributed by atoms with Crippen LogP contribution in [0.15, 0.2) is 138 Å². The van der Waals surface area contributed by atoms with Crippen molar-refractivity contribution in [2.75, 3.05) is 0 Å². The fourth-order valence-corrected chi connectivity index (χ4v) is 9.35. The first-order chi connectivity index (χ1) is 23.8. The molecule has 0 aliphatic rings. The predicted molar refractivity (Wildman–Crippen MR) is 213 cm³/mol. The average Bonchev–Trinajstić information content (AvgIpc) is 3.75. The largest absolute Gasteiger partial charge is 0.454 e. The summed E-state index contributed by atoms with van der Waals surface area (Å²) >= 11 is 0. The Balaban J connectivity index is 1.25. The van der Waals surface area contributed by atoms with Crippen molar-refractivity contribution < 1.29 is 4.42 Å². The van der Waals surface area contributed by atoms with Gasteiger partial charge in [0.05, 0.1) is 30.3 Å². The summed E-state index contributed by atoms with van der Waals surface area (Å²) in [5.74, 6) is 0. The van der Waals surface area contributed by atoms with Gasteiger partial charge in [0.2, 0.25) is 0 Å². The monoisotopic (exact) mass is 650 g/mol. The maximum absolute atomic E-state index is 6.87. The molecular formula is C45H38N2OSi. The first-order valence-corrected chi connectivity index (χ1v) is 20.7. The van der Waals surface area contributed by atoms with E-state index in [0.29, 0.717) is 0 Å². The van der Waals surface area contributed by atoms with E-state index in [4.69, 9.17) is 4.42 Å². The van der Waals surface area contributed by atoms with Crippen molar-refractivity contribution in [1.82, 2.24) is 9.13 Å². The fourth-order valence-electron chi connectivity index (χ4n) is 7.89. The zero-order valence-electron chi connectivity index (χ0n) is 28.6. The van der Waals surface area contributed by atoms with Crippen molar-refractivity contribution in [2.45, 2.75) is 33.5 Å². The van der Waals surface area contributed by atoms with Gasteiger partial charge in [0, 0.05) is 43.9 Å². The molecule has 0 atom stereocenters. The number of fused-ring (bicyclic) bond motifs is 7. The van der Waals surface area contributed by atoms with Crippen LogP contribution in [-0.2, 0) is 0 Å². The van der Waals surface area contributed by atoms with Crippen LogP contribution in [0.4, 0.5) is 0 Å². The Labute approximate surface area is 287 Å². The first kappa shape index (κ1) is 29.5. The van der Waals surface area contributed by atoms with Crippen molar-refractivity contribution in [1.29, 1.82) is 0 Å². The second-order valence-corrected chi connectivity index (χ2v) is 19.2. The van der Waals surface area contributed by atoms with Gasteiger partial charge >= 0.3 is 0 Å². The summed E-state index contributed by atoms with van der Waals surface area (Å²) in [5.41, 5.74) is 12.7. The number of rotatable bonds is 5. The van der Waals surface area contributed by atoms with Crippen LogP contribution in [-0.4, -0.2) is 17.2 Å². The van der Waals surface area contributed by atoms with Crippen molar-refractivity contribution >= 4 is 74.0 Å². The van der Waals surface area contributed by atoms with E-state index < -0.39 is 8.07 Å². The van der Waals surface area contributed by atoms with Gasteiger partial charge in [-0.3, -0.25) is 0 Å². The van der Waals surface area contributed by atoms with E-state index in [1.165, 1.54) is 76.7 Å². The highest BCUT2D eigenvalue weighted by Gasteiger charge is 2.24. The Hall–Kier alpha value is -5.58.